The van der Waals surface area contributed by atoms with Gasteiger partial charge in [0.2, 0.25) is 5.89 Å². The lowest BCUT2D eigenvalue weighted by molar-refractivity contribution is 0.0472. The second-order valence-corrected chi connectivity index (χ2v) is 6.79. The number of nitrogens with one attached hydrogen (secondary N) is 2. The van der Waals surface area contributed by atoms with E-state index in [-0.39, 0.29) is 36.6 Å². The van der Waals surface area contributed by atoms with Gasteiger partial charge in [-0.25, -0.2) is 9.78 Å². The summed E-state index contributed by atoms with van der Waals surface area (Å²) in [4.78, 5) is 20.9. The third-order valence-electron chi connectivity index (χ3n) is 4.54. The number of carbonyl (C=O) groups is 1. The van der Waals surface area contributed by atoms with Gasteiger partial charge in [-0.1, -0.05) is 42.5 Å². The number of hydrogen-bond acceptors (Lipinski definition) is 5. The molecule has 0 bridgehead atoms. The molecule has 2 aromatic carbocycles. The number of oxazole rings is 1. The van der Waals surface area contributed by atoms with Gasteiger partial charge in [0.05, 0.1) is 17.8 Å². The molecule has 31 heavy (non-hydrogen) atoms. The first-order chi connectivity index (χ1) is 14.5. The zero-order valence-electron chi connectivity index (χ0n) is 17.8. The number of hydrogen-bond donors (Lipinski definition) is 2. The van der Waals surface area contributed by atoms with Crippen molar-refractivity contribution in [2.24, 2.45) is 4.99 Å². The first-order valence-electron chi connectivity index (χ1n) is 9.72. The summed E-state index contributed by atoms with van der Waals surface area (Å²) < 4.78 is 11.0. The first kappa shape index (κ1) is 24.4. The number of halogens is 1. The van der Waals surface area contributed by atoms with Crippen LogP contribution in [0.15, 0.2) is 64.0 Å². The summed E-state index contributed by atoms with van der Waals surface area (Å²) in [6.45, 7) is 4.98. The maximum atomic E-state index is 12.4. The second-order valence-electron chi connectivity index (χ2n) is 6.79. The topological polar surface area (TPSA) is 88.8 Å². The van der Waals surface area contributed by atoms with Crippen LogP contribution in [-0.4, -0.2) is 24.0 Å². The Balaban J connectivity index is 0.00000341. The molecule has 3 rings (SSSR count). The smallest absolute Gasteiger partial charge is 0.338 e. The van der Waals surface area contributed by atoms with Gasteiger partial charge in [-0.15, -0.1) is 24.0 Å². The SMILES string of the molecule is CN=C(NCc1cccc(C(=O)OCc2ccccc2)c1)NCc1nc(C)c(C)o1.I. The fraction of sp³-hybridized carbons (Fsp3) is 0.261. The van der Waals surface area contributed by atoms with Crippen LogP contribution < -0.4 is 10.6 Å². The van der Waals surface area contributed by atoms with E-state index in [2.05, 4.69) is 20.6 Å². The summed E-state index contributed by atoms with van der Waals surface area (Å²) in [5.74, 6) is 1.68. The quantitative estimate of drug-likeness (QED) is 0.205. The lowest BCUT2D eigenvalue weighted by Gasteiger charge is -2.11. The second kappa shape index (κ2) is 12.1. The molecule has 8 heteroatoms. The van der Waals surface area contributed by atoms with Gasteiger partial charge in [0, 0.05) is 13.6 Å². The van der Waals surface area contributed by atoms with E-state index in [1.807, 2.05) is 62.4 Å². The molecule has 0 unspecified atom stereocenters. The molecule has 0 aliphatic heterocycles. The van der Waals surface area contributed by atoms with Gasteiger partial charge in [-0.2, -0.15) is 0 Å². The van der Waals surface area contributed by atoms with E-state index >= 15 is 0 Å². The number of guanidine groups is 1. The average Bonchev–Trinajstić information content (AvgIpc) is 3.10. The summed E-state index contributed by atoms with van der Waals surface area (Å²) in [6.07, 6.45) is 0. The number of aromatic nitrogens is 1. The maximum absolute atomic E-state index is 12.4. The fourth-order valence-electron chi connectivity index (χ4n) is 2.80. The number of benzene rings is 2. The van der Waals surface area contributed by atoms with Crippen LogP contribution in [0.4, 0.5) is 0 Å². The van der Waals surface area contributed by atoms with Gasteiger partial charge in [0.1, 0.15) is 12.4 Å². The molecule has 0 radical (unpaired) electrons. The molecule has 7 nitrogen and oxygen atoms in total. The van der Waals surface area contributed by atoms with Crippen LogP contribution in [0.5, 0.6) is 0 Å². The molecule has 0 atom stereocenters. The monoisotopic (exact) mass is 534 g/mol. The Hall–Kier alpha value is -2.88. The first-order valence-corrected chi connectivity index (χ1v) is 9.72. The molecule has 0 saturated carbocycles. The minimum Gasteiger partial charge on any atom is -0.457 e. The van der Waals surface area contributed by atoms with Crippen LogP contribution in [0.25, 0.3) is 0 Å². The summed E-state index contributed by atoms with van der Waals surface area (Å²) in [6, 6.07) is 16.9. The zero-order valence-corrected chi connectivity index (χ0v) is 20.2. The highest BCUT2D eigenvalue weighted by molar-refractivity contribution is 14.0. The Labute approximate surface area is 199 Å². The predicted octanol–water partition coefficient (Wildman–Crippen LogP) is 4.13. The molecule has 0 fully saturated rings. The summed E-state index contributed by atoms with van der Waals surface area (Å²) in [7, 11) is 1.69. The molecule has 164 valence electrons. The number of esters is 1. The third kappa shape index (κ3) is 7.39. The third-order valence-corrected chi connectivity index (χ3v) is 4.54. The highest BCUT2D eigenvalue weighted by atomic mass is 127. The van der Waals surface area contributed by atoms with Crippen LogP contribution in [-0.2, 0) is 24.4 Å². The average molecular weight is 534 g/mol. The van der Waals surface area contributed by atoms with E-state index in [1.165, 1.54) is 0 Å². The fourth-order valence-corrected chi connectivity index (χ4v) is 2.80. The standard InChI is InChI=1S/C23H26N4O3.HI/c1-16-17(2)30-21(27-16)14-26-23(24-3)25-13-19-10-7-11-20(12-19)22(28)29-15-18-8-5-4-6-9-18;/h4-12H,13-15H2,1-3H3,(H2,24,25,26);1H. The van der Waals surface area contributed by atoms with Crippen molar-refractivity contribution in [3.63, 3.8) is 0 Å². The summed E-state index contributed by atoms with van der Waals surface area (Å²) >= 11 is 0. The minimum absolute atomic E-state index is 0. The largest absolute Gasteiger partial charge is 0.457 e. The van der Waals surface area contributed by atoms with E-state index in [9.17, 15) is 4.79 Å². The Bertz CT molecular complexity index is 999. The lowest BCUT2D eigenvalue weighted by Crippen LogP contribution is -2.36. The van der Waals surface area contributed by atoms with Gasteiger partial charge >= 0.3 is 5.97 Å². The number of ether oxygens (including phenoxy) is 1. The van der Waals surface area contributed by atoms with E-state index in [1.54, 1.807) is 13.1 Å². The van der Waals surface area contributed by atoms with Crippen molar-refractivity contribution in [2.75, 3.05) is 7.05 Å². The zero-order chi connectivity index (χ0) is 21.3. The maximum Gasteiger partial charge on any atom is 0.338 e. The van der Waals surface area contributed by atoms with Crippen molar-refractivity contribution in [2.45, 2.75) is 33.5 Å². The summed E-state index contributed by atoms with van der Waals surface area (Å²) in [5, 5.41) is 6.38. The molecular weight excluding hydrogens is 507 g/mol. The van der Waals surface area contributed by atoms with Crippen molar-refractivity contribution in [3.8, 4) is 0 Å². The normalized spacial score (nSPS) is 10.9. The molecule has 0 aliphatic rings. The van der Waals surface area contributed by atoms with E-state index < -0.39 is 0 Å². The van der Waals surface area contributed by atoms with Gasteiger partial charge in [0.25, 0.3) is 0 Å². The molecule has 1 aromatic heterocycles. The lowest BCUT2D eigenvalue weighted by atomic mass is 10.1. The Morgan fingerprint density at radius 3 is 2.42 bits per heavy atom. The molecule has 0 amide bonds. The van der Waals surface area contributed by atoms with Crippen molar-refractivity contribution in [3.05, 3.63) is 88.6 Å². The van der Waals surface area contributed by atoms with E-state index in [4.69, 9.17) is 9.15 Å². The number of carbonyl (C=O) groups excluding carboxylic acids is 1. The molecular formula is C23H27IN4O3. The molecule has 1 heterocycles. The van der Waals surface area contributed by atoms with Gasteiger partial charge in [-0.05, 0) is 37.1 Å². The predicted molar refractivity (Wildman–Crippen MR) is 130 cm³/mol. The van der Waals surface area contributed by atoms with Crippen molar-refractivity contribution in [1.82, 2.24) is 15.6 Å². The molecule has 2 N–H and O–H groups in total. The van der Waals surface area contributed by atoms with E-state index in [0.717, 1.165) is 22.6 Å². The summed E-state index contributed by atoms with van der Waals surface area (Å²) in [5.41, 5.74) is 3.29. The Morgan fingerprint density at radius 1 is 1.03 bits per heavy atom. The van der Waals surface area contributed by atoms with Crippen LogP contribution in [0.3, 0.4) is 0 Å². The van der Waals surface area contributed by atoms with Gasteiger partial charge in [0.15, 0.2) is 5.96 Å². The minimum atomic E-state index is -0.349. The number of aliphatic imine (C=N–C) groups is 1. The van der Waals surface area contributed by atoms with Crippen LogP contribution in [0.1, 0.15) is 38.8 Å². The highest BCUT2D eigenvalue weighted by Gasteiger charge is 2.09. The van der Waals surface area contributed by atoms with Crippen molar-refractivity contribution in [1.29, 1.82) is 0 Å². The molecule has 0 spiro atoms. The van der Waals surface area contributed by atoms with E-state index in [0.29, 0.717) is 30.5 Å². The molecule has 0 saturated heterocycles. The Kier molecular flexibility index (Phi) is 9.51. The molecule has 0 aliphatic carbocycles. The highest BCUT2D eigenvalue weighted by Crippen LogP contribution is 2.10. The van der Waals surface area contributed by atoms with Crippen LogP contribution >= 0.6 is 24.0 Å². The molecule has 3 aromatic rings. The Morgan fingerprint density at radius 2 is 1.74 bits per heavy atom. The van der Waals surface area contributed by atoms with Gasteiger partial charge < -0.3 is 19.8 Å². The van der Waals surface area contributed by atoms with Gasteiger partial charge in [-0.3, -0.25) is 4.99 Å². The van der Waals surface area contributed by atoms with Crippen LogP contribution in [0.2, 0.25) is 0 Å². The number of rotatable bonds is 7. The number of aryl methyl sites for hydroxylation is 2. The van der Waals surface area contributed by atoms with Crippen molar-refractivity contribution < 1.29 is 13.9 Å². The van der Waals surface area contributed by atoms with Crippen LogP contribution in [0, 0.1) is 13.8 Å². The van der Waals surface area contributed by atoms with Crippen molar-refractivity contribution >= 4 is 35.9 Å². The number of nitrogens with zero attached hydrogens (tertiary/aromatic N) is 2.